The summed E-state index contributed by atoms with van der Waals surface area (Å²) < 4.78 is 11.4. The molecule has 1 aromatic rings. The molecule has 0 saturated carbocycles. The Hall–Kier alpha value is -1.89. The minimum atomic E-state index is -4.47. The van der Waals surface area contributed by atoms with E-state index in [9.17, 15) is 29.0 Å². The highest BCUT2D eigenvalue weighted by molar-refractivity contribution is 7.51. The van der Waals surface area contributed by atoms with Crippen molar-refractivity contribution in [2.24, 2.45) is 5.92 Å². The predicted molar refractivity (Wildman–Crippen MR) is 95.7 cm³/mol. The third-order valence-electron chi connectivity index (χ3n) is 4.23. The number of hydrogen-bond donors (Lipinski definition) is 3. The second-order valence-corrected chi connectivity index (χ2v) is 8.78. The number of nitrogens with zero attached hydrogens (tertiary/aromatic N) is 2. The molecule has 1 atom stereocenters. The maximum absolute atomic E-state index is 12.9. The van der Waals surface area contributed by atoms with Crippen molar-refractivity contribution < 1.29 is 29.0 Å². The summed E-state index contributed by atoms with van der Waals surface area (Å²) in [6.45, 7) is 5.79. The fraction of sp³-hybridized carbons (Fsp3) is 0.529. The Kier molecular flexibility index (Phi) is 6.11. The van der Waals surface area contributed by atoms with Crippen LogP contribution in [0.2, 0.25) is 0 Å². The summed E-state index contributed by atoms with van der Waals surface area (Å²) in [5.74, 6) is -1.15. The molecule has 0 bridgehead atoms. The van der Waals surface area contributed by atoms with E-state index in [1.807, 2.05) is 39.0 Å². The molecule has 3 N–H and O–H groups in total. The number of rotatable bonds is 5. The van der Waals surface area contributed by atoms with Crippen LogP contribution in [0.1, 0.15) is 30.5 Å². The molecule has 8 nitrogen and oxygen atoms in total. The average molecular weight is 384 g/mol. The fourth-order valence-electron chi connectivity index (χ4n) is 3.17. The monoisotopic (exact) mass is 384 g/mol. The van der Waals surface area contributed by atoms with Crippen LogP contribution < -0.4 is 0 Å². The summed E-state index contributed by atoms with van der Waals surface area (Å²) in [5, 5.41) is 9.58. The Labute approximate surface area is 152 Å². The summed E-state index contributed by atoms with van der Waals surface area (Å²) >= 11 is 0. The van der Waals surface area contributed by atoms with E-state index in [-0.39, 0.29) is 25.4 Å². The Morgan fingerprint density at radius 3 is 2.50 bits per heavy atom. The molecule has 9 heteroatoms. The van der Waals surface area contributed by atoms with Crippen molar-refractivity contribution in [3.63, 3.8) is 0 Å². The van der Waals surface area contributed by atoms with E-state index < -0.39 is 31.9 Å². The van der Waals surface area contributed by atoms with Gasteiger partial charge in [0.25, 0.3) is 0 Å². The SMILES string of the molecule is Cc1ccc2c(c1)CC(C(=O)O)N(C(=O)N(CC(C)C)CP(=O)(O)O)C2. The van der Waals surface area contributed by atoms with Crippen LogP contribution in [0.3, 0.4) is 0 Å². The molecule has 144 valence electrons. The van der Waals surface area contributed by atoms with Crippen molar-refractivity contribution in [1.29, 1.82) is 0 Å². The highest BCUT2D eigenvalue weighted by atomic mass is 31.2. The maximum atomic E-state index is 12.9. The molecule has 2 rings (SSSR count). The molecule has 1 aliphatic heterocycles. The number of fused-ring (bicyclic) bond motifs is 1. The molecule has 0 radical (unpaired) electrons. The van der Waals surface area contributed by atoms with Gasteiger partial charge < -0.3 is 24.7 Å². The van der Waals surface area contributed by atoms with Gasteiger partial charge in [0.2, 0.25) is 0 Å². The first kappa shape index (κ1) is 20.4. The normalized spacial score (nSPS) is 17.2. The quantitative estimate of drug-likeness (QED) is 0.669. The van der Waals surface area contributed by atoms with Crippen molar-refractivity contribution >= 4 is 19.6 Å². The number of aliphatic carboxylic acids is 1. The summed E-state index contributed by atoms with van der Waals surface area (Å²) in [6, 6.07) is 3.93. The van der Waals surface area contributed by atoms with Gasteiger partial charge in [-0.05, 0) is 24.0 Å². The minimum absolute atomic E-state index is 0.0199. The Morgan fingerprint density at radius 1 is 1.31 bits per heavy atom. The molecule has 2 amide bonds. The van der Waals surface area contributed by atoms with Crippen molar-refractivity contribution in [3.05, 3.63) is 34.9 Å². The molecule has 1 unspecified atom stereocenters. The molecule has 0 aromatic heterocycles. The molecule has 26 heavy (non-hydrogen) atoms. The lowest BCUT2D eigenvalue weighted by Gasteiger charge is -2.38. The second-order valence-electron chi connectivity index (χ2n) is 7.16. The standard InChI is InChI=1S/C17H25N2O6P/c1-11(2)8-18(10-26(23,24)25)17(22)19-9-13-5-4-12(3)6-14(13)7-15(19)16(20)21/h4-6,11,15H,7-10H2,1-3H3,(H,20,21)(H2,23,24,25). The molecular formula is C17H25N2O6P. The largest absolute Gasteiger partial charge is 0.480 e. The van der Waals surface area contributed by atoms with Gasteiger partial charge in [0.05, 0.1) is 0 Å². The second kappa shape index (κ2) is 7.78. The molecular weight excluding hydrogens is 359 g/mol. The van der Waals surface area contributed by atoms with Crippen LogP contribution in [0.4, 0.5) is 4.79 Å². The van der Waals surface area contributed by atoms with E-state index in [2.05, 4.69) is 0 Å². The van der Waals surface area contributed by atoms with Gasteiger partial charge in [-0.25, -0.2) is 9.59 Å². The van der Waals surface area contributed by atoms with Gasteiger partial charge in [0.1, 0.15) is 12.3 Å². The number of amides is 2. The van der Waals surface area contributed by atoms with Gasteiger partial charge >= 0.3 is 19.6 Å². The van der Waals surface area contributed by atoms with Gasteiger partial charge in [-0.1, -0.05) is 37.6 Å². The van der Waals surface area contributed by atoms with E-state index in [0.717, 1.165) is 21.6 Å². The lowest BCUT2D eigenvalue weighted by atomic mass is 9.92. The van der Waals surface area contributed by atoms with Crippen LogP contribution in [0.15, 0.2) is 18.2 Å². The van der Waals surface area contributed by atoms with Gasteiger partial charge in [0.15, 0.2) is 0 Å². The van der Waals surface area contributed by atoms with Crippen LogP contribution >= 0.6 is 7.60 Å². The summed E-state index contributed by atoms with van der Waals surface area (Å²) in [5.41, 5.74) is 2.74. The van der Waals surface area contributed by atoms with Crippen LogP contribution in [0.5, 0.6) is 0 Å². The van der Waals surface area contributed by atoms with E-state index in [0.29, 0.717) is 0 Å². The molecule has 0 fully saturated rings. The van der Waals surface area contributed by atoms with Gasteiger partial charge in [-0.15, -0.1) is 0 Å². The maximum Gasteiger partial charge on any atom is 0.344 e. The fourth-order valence-corrected chi connectivity index (χ4v) is 3.86. The summed E-state index contributed by atoms with van der Waals surface area (Å²) in [7, 11) is -4.47. The van der Waals surface area contributed by atoms with Crippen molar-refractivity contribution in [1.82, 2.24) is 9.80 Å². The zero-order valence-electron chi connectivity index (χ0n) is 15.1. The van der Waals surface area contributed by atoms with Crippen LogP contribution in [0, 0.1) is 12.8 Å². The third kappa shape index (κ3) is 5.06. The van der Waals surface area contributed by atoms with E-state index in [1.54, 1.807) is 0 Å². The minimum Gasteiger partial charge on any atom is -0.480 e. The van der Waals surface area contributed by atoms with Crippen LogP contribution in [0.25, 0.3) is 0 Å². The Balaban J connectivity index is 2.34. The zero-order valence-corrected chi connectivity index (χ0v) is 16.0. The molecule has 0 spiro atoms. The number of carboxylic acids is 1. The van der Waals surface area contributed by atoms with Crippen LogP contribution in [-0.2, 0) is 22.3 Å². The van der Waals surface area contributed by atoms with Crippen LogP contribution in [-0.4, -0.2) is 55.6 Å². The smallest absolute Gasteiger partial charge is 0.344 e. The number of carboxylic acid groups (broad SMARTS) is 1. The van der Waals surface area contributed by atoms with Gasteiger partial charge in [-0.2, -0.15) is 0 Å². The summed E-state index contributed by atoms with van der Waals surface area (Å²) in [6.07, 6.45) is -0.558. The van der Waals surface area contributed by atoms with E-state index in [4.69, 9.17) is 0 Å². The third-order valence-corrected chi connectivity index (χ3v) is 4.94. The first-order valence-corrected chi connectivity index (χ1v) is 10.2. The summed E-state index contributed by atoms with van der Waals surface area (Å²) in [4.78, 5) is 45.5. The number of hydrogen-bond acceptors (Lipinski definition) is 3. The lowest BCUT2D eigenvalue weighted by molar-refractivity contribution is -0.142. The number of benzene rings is 1. The van der Waals surface area contributed by atoms with Crippen molar-refractivity contribution in [2.45, 2.75) is 39.8 Å². The van der Waals surface area contributed by atoms with Crippen molar-refractivity contribution in [3.8, 4) is 0 Å². The lowest BCUT2D eigenvalue weighted by Crippen LogP contribution is -2.54. The Bertz CT molecular complexity index is 745. The number of urea groups is 1. The van der Waals surface area contributed by atoms with E-state index >= 15 is 0 Å². The number of aryl methyl sites for hydroxylation is 1. The first-order chi connectivity index (χ1) is 12.0. The van der Waals surface area contributed by atoms with Gasteiger partial charge in [-0.3, -0.25) is 4.57 Å². The average Bonchev–Trinajstić information content (AvgIpc) is 2.50. The Morgan fingerprint density at radius 2 is 1.96 bits per heavy atom. The first-order valence-electron chi connectivity index (χ1n) is 8.39. The van der Waals surface area contributed by atoms with Crippen molar-refractivity contribution in [2.75, 3.05) is 12.8 Å². The predicted octanol–water partition coefficient (Wildman–Crippen LogP) is 2.02. The van der Waals surface area contributed by atoms with E-state index in [1.165, 1.54) is 4.90 Å². The molecule has 0 aliphatic carbocycles. The molecule has 1 heterocycles. The zero-order chi connectivity index (χ0) is 19.6. The molecule has 0 saturated heterocycles. The molecule has 1 aromatic carbocycles. The number of carbonyl (C=O) groups is 2. The highest BCUT2D eigenvalue weighted by Gasteiger charge is 2.38. The topological polar surface area (TPSA) is 118 Å². The van der Waals surface area contributed by atoms with Gasteiger partial charge in [0, 0.05) is 19.5 Å². The molecule has 1 aliphatic rings. The number of carbonyl (C=O) groups excluding carboxylic acids is 1. The highest BCUT2D eigenvalue weighted by Crippen LogP contribution is 2.36.